The second-order valence-electron chi connectivity index (χ2n) is 2.15. The number of hydrogen-bond donors (Lipinski definition) is 1. The van der Waals surface area contributed by atoms with E-state index < -0.39 is 0 Å². The van der Waals surface area contributed by atoms with E-state index in [1.807, 2.05) is 0 Å². The SMILES string of the molecule is O=c1[nH]sc2c(Cl)cccc12. The Kier molecular flexibility index (Phi) is 1.47. The third-order valence-electron chi connectivity index (χ3n) is 1.46. The van der Waals surface area contributed by atoms with Gasteiger partial charge in [0.1, 0.15) is 0 Å². The summed E-state index contributed by atoms with van der Waals surface area (Å²) >= 11 is 7.09. The normalized spacial score (nSPS) is 10.6. The van der Waals surface area contributed by atoms with Gasteiger partial charge in [0.05, 0.1) is 15.1 Å². The lowest BCUT2D eigenvalue weighted by Crippen LogP contribution is -1.95. The van der Waals surface area contributed by atoms with E-state index in [2.05, 4.69) is 4.37 Å². The summed E-state index contributed by atoms with van der Waals surface area (Å²) in [6.45, 7) is 0. The molecule has 4 heteroatoms. The van der Waals surface area contributed by atoms with Gasteiger partial charge in [-0.2, -0.15) is 0 Å². The van der Waals surface area contributed by atoms with Crippen molar-refractivity contribution in [3.8, 4) is 0 Å². The number of benzene rings is 1. The van der Waals surface area contributed by atoms with Gasteiger partial charge >= 0.3 is 0 Å². The van der Waals surface area contributed by atoms with Gasteiger partial charge in [-0.1, -0.05) is 29.2 Å². The molecule has 0 amide bonds. The number of rotatable bonds is 0. The molecule has 0 aliphatic rings. The van der Waals surface area contributed by atoms with Crippen LogP contribution in [0.4, 0.5) is 0 Å². The van der Waals surface area contributed by atoms with E-state index in [9.17, 15) is 4.79 Å². The molecular formula is C7H4ClNOS. The van der Waals surface area contributed by atoms with Crippen molar-refractivity contribution in [1.82, 2.24) is 4.37 Å². The van der Waals surface area contributed by atoms with Crippen LogP contribution in [0.1, 0.15) is 0 Å². The highest BCUT2D eigenvalue weighted by molar-refractivity contribution is 7.14. The molecule has 11 heavy (non-hydrogen) atoms. The maximum Gasteiger partial charge on any atom is 0.265 e. The van der Waals surface area contributed by atoms with Gasteiger partial charge in [-0.25, -0.2) is 0 Å². The van der Waals surface area contributed by atoms with E-state index in [0.29, 0.717) is 10.4 Å². The second-order valence-corrected chi connectivity index (χ2v) is 3.37. The fraction of sp³-hybridized carbons (Fsp3) is 0. The summed E-state index contributed by atoms with van der Waals surface area (Å²) in [6, 6.07) is 5.30. The first-order valence-electron chi connectivity index (χ1n) is 3.05. The molecule has 0 aliphatic heterocycles. The molecule has 1 aromatic carbocycles. The van der Waals surface area contributed by atoms with Gasteiger partial charge in [-0.05, 0) is 12.1 Å². The van der Waals surface area contributed by atoms with Crippen LogP contribution in [0.2, 0.25) is 5.02 Å². The lowest BCUT2D eigenvalue weighted by atomic mass is 10.3. The van der Waals surface area contributed by atoms with Crippen LogP contribution in [0.3, 0.4) is 0 Å². The average Bonchev–Trinajstić information content (AvgIpc) is 2.35. The average molecular weight is 186 g/mol. The van der Waals surface area contributed by atoms with E-state index in [1.165, 1.54) is 11.5 Å². The summed E-state index contributed by atoms with van der Waals surface area (Å²) in [4.78, 5) is 11.0. The topological polar surface area (TPSA) is 32.9 Å². The summed E-state index contributed by atoms with van der Waals surface area (Å²) < 4.78 is 3.45. The minimum atomic E-state index is -0.0625. The number of hydrogen-bond acceptors (Lipinski definition) is 2. The molecule has 0 aliphatic carbocycles. The van der Waals surface area contributed by atoms with Crippen LogP contribution in [0.5, 0.6) is 0 Å². The van der Waals surface area contributed by atoms with E-state index in [0.717, 1.165) is 4.70 Å². The molecule has 0 unspecified atom stereocenters. The Balaban J connectivity index is 3.06. The van der Waals surface area contributed by atoms with Gasteiger partial charge in [-0.15, -0.1) is 0 Å². The number of aromatic amines is 1. The number of nitrogens with one attached hydrogen (secondary N) is 1. The molecule has 0 bridgehead atoms. The summed E-state index contributed by atoms with van der Waals surface area (Å²) in [5, 5.41) is 1.30. The first-order chi connectivity index (χ1) is 5.29. The monoisotopic (exact) mass is 185 g/mol. The molecule has 2 nitrogen and oxygen atoms in total. The van der Waals surface area contributed by atoms with Crippen LogP contribution in [0, 0.1) is 0 Å². The van der Waals surface area contributed by atoms with Crippen LogP contribution in [-0.2, 0) is 0 Å². The van der Waals surface area contributed by atoms with Crippen molar-refractivity contribution in [2.75, 3.05) is 0 Å². The molecule has 1 N–H and O–H groups in total. The zero-order chi connectivity index (χ0) is 7.84. The smallest absolute Gasteiger partial charge is 0.265 e. The summed E-state index contributed by atoms with van der Waals surface area (Å²) in [5.41, 5.74) is -0.0625. The van der Waals surface area contributed by atoms with Crippen molar-refractivity contribution in [1.29, 1.82) is 0 Å². The highest BCUT2D eigenvalue weighted by Gasteiger charge is 2.02. The van der Waals surface area contributed by atoms with Crippen molar-refractivity contribution in [3.05, 3.63) is 33.6 Å². The predicted molar refractivity (Wildman–Crippen MR) is 47.5 cm³/mol. The van der Waals surface area contributed by atoms with Crippen molar-refractivity contribution >= 4 is 33.2 Å². The second kappa shape index (κ2) is 2.36. The van der Waals surface area contributed by atoms with Gasteiger partial charge in [0.2, 0.25) is 0 Å². The lowest BCUT2D eigenvalue weighted by Gasteiger charge is -1.87. The third kappa shape index (κ3) is 0.968. The van der Waals surface area contributed by atoms with Crippen molar-refractivity contribution < 1.29 is 0 Å². The molecule has 0 atom stereocenters. The standard InChI is InChI=1S/C7H4ClNOS/c8-5-3-1-2-4-6(5)11-9-7(4)10/h1-3H,(H,9,10). The van der Waals surface area contributed by atoms with E-state index >= 15 is 0 Å². The maximum atomic E-state index is 11.0. The largest absolute Gasteiger partial charge is 0.277 e. The van der Waals surface area contributed by atoms with Gasteiger partial charge in [0.15, 0.2) is 0 Å². The molecule has 0 fully saturated rings. The molecular weight excluding hydrogens is 182 g/mol. The minimum Gasteiger partial charge on any atom is -0.277 e. The molecule has 1 aromatic heterocycles. The molecule has 2 rings (SSSR count). The van der Waals surface area contributed by atoms with Crippen LogP contribution in [-0.4, -0.2) is 4.37 Å². The minimum absolute atomic E-state index is 0.0625. The first-order valence-corrected chi connectivity index (χ1v) is 4.24. The predicted octanol–water partition coefficient (Wildman–Crippen LogP) is 2.24. The lowest BCUT2D eigenvalue weighted by molar-refractivity contribution is 1.46. The summed E-state index contributed by atoms with van der Waals surface area (Å²) in [5.74, 6) is 0. The molecule has 0 spiro atoms. The quantitative estimate of drug-likeness (QED) is 0.671. The molecule has 0 saturated heterocycles. The Bertz CT molecular complexity index is 445. The zero-order valence-corrected chi connectivity index (χ0v) is 7.00. The molecule has 56 valence electrons. The van der Waals surface area contributed by atoms with Crippen molar-refractivity contribution in [2.24, 2.45) is 0 Å². The van der Waals surface area contributed by atoms with E-state index in [4.69, 9.17) is 11.6 Å². The third-order valence-corrected chi connectivity index (χ3v) is 2.82. The van der Waals surface area contributed by atoms with Gasteiger partial charge in [0, 0.05) is 0 Å². The van der Waals surface area contributed by atoms with Gasteiger partial charge < -0.3 is 0 Å². The summed E-state index contributed by atoms with van der Waals surface area (Å²) in [6.07, 6.45) is 0. The summed E-state index contributed by atoms with van der Waals surface area (Å²) in [7, 11) is 0. The van der Waals surface area contributed by atoms with Crippen molar-refractivity contribution in [3.63, 3.8) is 0 Å². The Labute approximate surface area is 71.6 Å². The fourth-order valence-corrected chi connectivity index (χ4v) is 1.97. The van der Waals surface area contributed by atoms with Crippen LogP contribution in [0.15, 0.2) is 23.0 Å². The van der Waals surface area contributed by atoms with Crippen LogP contribution < -0.4 is 5.56 Å². The number of H-pyrrole nitrogens is 1. The fourth-order valence-electron chi connectivity index (χ4n) is 0.944. The van der Waals surface area contributed by atoms with Gasteiger partial charge in [-0.3, -0.25) is 9.17 Å². The van der Waals surface area contributed by atoms with Crippen LogP contribution >= 0.6 is 23.1 Å². The van der Waals surface area contributed by atoms with E-state index in [1.54, 1.807) is 18.2 Å². The maximum absolute atomic E-state index is 11.0. The Hall–Kier alpha value is -0.800. The molecule has 2 aromatic rings. The highest BCUT2D eigenvalue weighted by atomic mass is 35.5. The Morgan fingerprint density at radius 2 is 2.27 bits per heavy atom. The Morgan fingerprint density at radius 1 is 1.45 bits per heavy atom. The van der Waals surface area contributed by atoms with Crippen molar-refractivity contribution in [2.45, 2.75) is 0 Å². The molecule has 0 saturated carbocycles. The molecule has 1 heterocycles. The zero-order valence-electron chi connectivity index (χ0n) is 5.43. The van der Waals surface area contributed by atoms with E-state index in [-0.39, 0.29) is 5.56 Å². The number of aromatic nitrogens is 1. The Morgan fingerprint density at radius 3 is 3.00 bits per heavy atom. The van der Waals surface area contributed by atoms with Gasteiger partial charge in [0.25, 0.3) is 5.56 Å². The molecule has 0 radical (unpaired) electrons. The van der Waals surface area contributed by atoms with Crippen LogP contribution in [0.25, 0.3) is 10.1 Å². The number of fused-ring (bicyclic) bond motifs is 1. The first kappa shape index (κ1) is 6.88. The number of halogens is 1. The highest BCUT2D eigenvalue weighted by Crippen LogP contribution is 2.23.